The summed E-state index contributed by atoms with van der Waals surface area (Å²) in [5, 5.41) is 3.20. The van der Waals surface area contributed by atoms with Gasteiger partial charge in [0.25, 0.3) is 0 Å². The van der Waals surface area contributed by atoms with Gasteiger partial charge in [-0.3, -0.25) is 4.79 Å². The first kappa shape index (κ1) is 22.8. The second kappa shape index (κ2) is 10.4. The Morgan fingerprint density at radius 2 is 1.68 bits per heavy atom. The molecule has 0 radical (unpaired) electrons. The molecule has 0 unspecified atom stereocenters. The summed E-state index contributed by atoms with van der Waals surface area (Å²) in [5.74, 6) is 0.371. The highest BCUT2D eigenvalue weighted by Crippen LogP contribution is 2.27. The average Bonchev–Trinajstić information content (AvgIpc) is 2.77. The minimum atomic E-state index is -3.61. The predicted octanol–water partition coefficient (Wildman–Crippen LogP) is 4.40. The summed E-state index contributed by atoms with van der Waals surface area (Å²) in [4.78, 5) is 12.4. The van der Waals surface area contributed by atoms with E-state index in [-0.39, 0.29) is 23.8 Å². The second-order valence-electron chi connectivity index (χ2n) is 6.85. The fraction of sp³-hybridized carbons (Fsp3) is 0.174. The van der Waals surface area contributed by atoms with Crippen LogP contribution in [0.2, 0.25) is 5.02 Å². The summed E-state index contributed by atoms with van der Waals surface area (Å²) in [6.07, 6.45) is 0.732. The van der Waals surface area contributed by atoms with E-state index in [0.717, 1.165) is 11.1 Å². The number of carbonyl (C=O) groups excluding carboxylic acids is 1. The zero-order valence-corrected chi connectivity index (χ0v) is 18.5. The molecule has 0 saturated heterocycles. The maximum Gasteiger partial charge on any atom is 0.240 e. The monoisotopic (exact) mass is 458 g/mol. The van der Waals surface area contributed by atoms with Crippen molar-refractivity contribution in [1.29, 1.82) is 0 Å². The first-order valence-electron chi connectivity index (χ1n) is 9.63. The fourth-order valence-electron chi connectivity index (χ4n) is 2.92. The van der Waals surface area contributed by atoms with Gasteiger partial charge in [-0.2, -0.15) is 0 Å². The number of ether oxygens (including phenoxy) is 1. The van der Waals surface area contributed by atoms with E-state index in [4.69, 9.17) is 16.3 Å². The normalized spacial score (nSPS) is 11.2. The van der Waals surface area contributed by atoms with Crippen molar-refractivity contribution in [2.45, 2.75) is 24.3 Å². The largest absolute Gasteiger partial charge is 0.495 e. The van der Waals surface area contributed by atoms with E-state index in [1.54, 1.807) is 42.5 Å². The fourth-order valence-corrected chi connectivity index (χ4v) is 4.19. The molecule has 31 heavy (non-hydrogen) atoms. The van der Waals surface area contributed by atoms with Gasteiger partial charge in [0.2, 0.25) is 15.9 Å². The van der Waals surface area contributed by atoms with Crippen LogP contribution in [0.3, 0.4) is 0 Å². The second-order valence-corrected chi connectivity index (χ2v) is 9.03. The van der Waals surface area contributed by atoms with Gasteiger partial charge in [-0.15, -0.1) is 0 Å². The molecule has 0 aliphatic rings. The lowest BCUT2D eigenvalue weighted by Gasteiger charge is -2.09. The highest BCUT2D eigenvalue weighted by Gasteiger charge is 2.14. The topological polar surface area (TPSA) is 84.5 Å². The summed E-state index contributed by atoms with van der Waals surface area (Å²) in [5.41, 5.74) is 2.33. The molecule has 3 aromatic rings. The van der Waals surface area contributed by atoms with E-state index in [9.17, 15) is 13.2 Å². The Kier molecular flexibility index (Phi) is 7.68. The predicted molar refractivity (Wildman–Crippen MR) is 122 cm³/mol. The molecule has 3 aromatic carbocycles. The molecule has 1 amide bonds. The number of halogens is 1. The molecule has 0 saturated carbocycles. The number of hydrogen-bond donors (Lipinski definition) is 2. The van der Waals surface area contributed by atoms with Gasteiger partial charge in [0.1, 0.15) is 5.75 Å². The molecular weight excluding hydrogens is 436 g/mol. The quantitative estimate of drug-likeness (QED) is 0.497. The minimum absolute atomic E-state index is 0.164. The summed E-state index contributed by atoms with van der Waals surface area (Å²) in [7, 11) is -2.09. The van der Waals surface area contributed by atoms with Gasteiger partial charge >= 0.3 is 0 Å². The molecule has 0 aromatic heterocycles. The van der Waals surface area contributed by atoms with E-state index < -0.39 is 10.0 Å². The van der Waals surface area contributed by atoms with E-state index in [1.807, 2.05) is 30.3 Å². The van der Waals surface area contributed by atoms with Crippen molar-refractivity contribution in [2.24, 2.45) is 0 Å². The molecule has 6 nitrogen and oxygen atoms in total. The number of aryl methyl sites for hydroxylation is 1. The lowest BCUT2D eigenvalue weighted by Crippen LogP contribution is -2.23. The van der Waals surface area contributed by atoms with Gasteiger partial charge in [0.05, 0.1) is 17.0 Å². The van der Waals surface area contributed by atoms with E-state index in [0.29, 0.717) is 22.9 Å². The number of carbonyl (C=O) groups is 1. The average molecular weight is 459 g/mol. The number of rotatable bonds is 9. The molecule has 162 valence electrons. The number of hydrogen-bond acceptors (Lipinski definition) is 4. The van der Waals surface area contributed by atoms with Crippen molar-refractivity contribution in [2.75, 3.05) is 12.4 Å². The molecule has 0 aliphatic heterocycles. The van der Waals surface area contributed by atoms with Crippen LogP contribution in [0, 0.1) is 0 Å². The Bertz CT molecular complexity index is 1130. The highest BCUT2D eigenvalue weighted by molar-refractivity contribution is 7.89. The number of amides is 1. The van der Waals surface area contributed by atoms with Crippen LogP contribution in [-0.2, 0) is 27.8 Å². The van der Waals surface area contributed by atoms with Crippen LogP contribution in [0.5, 0.6) is 5.75 Å². The summed E-state index contributed by atoms with van der Waals surface area (Å²) < 4.78 is 32.6. The van der Waals surface area contributed by atoms with Gasteiger partial charge in [-0.25, -0.2) is 13.1 Å². The first-order valence-corrected chi connectivity index (χ1v) is 11.5. The van der Waals surface area contributed by atoms with Crippen molar-refractivity contribution < 1.29 is 17.9 Å². The van der Waals surface area contributed by atoms with Crippen molar-refractivity contribution in [1.82, 2.24) is 4.72 Å². The van der Waals surface area contributed by atoms with Crippen molar-refractivity contribution >= 4 is 33.2 Å². The van der Waals surface area contributed by atoms with Gasteiger partial charge < -0.3 is 10.1 Å². The summed E-state index contributed by atoms with van der Waals surface area (Å²) in [6.45, 7) is 0.223. The number of sulfonamides is 1. The van der Waals surface area contributed by atoms with Gasteiger partial charge in [0, 0.05) is 18.7 Å². The lowest BCUT2D eigenvalue weighted by atomic mass is 10.1. The summed E-state index contributed by atoms with van der Waals surface area (Å²) >= 11 is 6.06. The Morgan fingerprint density at radius 3 is 2.32 bits per heavy atom. The zero-order valence-electron chi connectivity index (χ0n) is 17.0. The maximum atomic E-state index is 12.5. The maximum absolute atomic E-state index is 12.5. The van der Waals surface area contributed by atoms with Crippen molar-refractivity contribution in [3.8, 4) is 5.75 Å². The lowest BCUT2D eigenvalue weighted by molar-refractivity contribution is -0.116. The SMILES string of the molecule is COc1ccc(NC(=O)CCc2ccc(S(=O)(=O)NCc3ccccc3)cc2)cc1Cl. The Labute approximate surface area is 187 Å². The Balaban J connectivity index is 1.52. The van der Waals surface area contributed by atoms with Crippen LogP contribution in [0.4, 0.5) is 5.69 Å². The van der Waals surface area contributed by atoms with Crippen molar-refractivity contribution in [3.63, 3.8) is 0 Å². The van der Waals surface area contributed by atoms with Crippen LogP contribution in [0.25, 0.3) is 0 Å². The Hall–Kier alpha value is -2.87. The smallest absolute Gasteiger partial charge is 0.240 e. The molecular formula is C23H23ClN2O4S. The van der Waals surface area contributed by atoms with Gasteiger partial charge in [0.15, 0.2) is 0 Å². The Morgan fingerprint density at radius 1 is 0.968 bits per heavy atom. The van der Waals surface area contributed by atoms with Crippen LogP contribution in [-0.4, -0.2) is 21.4 Å². The molecule has 0 bridgehead atoms. The number of methoxy groups -OCH3 is 1. The molecule has 2 N–H and O–H groups in total. The van der Waals surface area contributed by atoms with Gasteiger partial charge in [-0.05, 0) is 47.9 Å². The van der Waals surface area contributed by atoms with E-state index in [1.165, 1.54) is 7.11 Å². The molecule has 0 aliphatic carbocycles. The summed E-state index contributed by atoms with van der Waals surface area (Å²) in [6, 6.07) is 20.9. The third-order valence-electron chi connectivity index (χ3n) is 4.62. The molecule has 0 fully saturated rings. The zero-order chi connectivity index (χ0) is 22.3. The minimum Gasteiger partial charge on any atom is -0.495 e. The number of benzene rings is 3. The van der Waals surface area contributed by atoms with Crippen LogP contribution >= 0.6 is 11.6 Å². The van der Waals surface area contributed by atoms with Crippen molar-refractivity contribution in [3.05, 3.63) is 88.9 Å². The molecule has 0 atom stereocenters. The first-order chi connectivity index (χ1) is 14.9. The molecule has 0 spiro atoms. The molecule has 3 rings (SSSR count). The third kappa shape index (κ3) is 6.55. The third-order valence-corrected chi connectivity index (χ3v) is 6.33. The molecule has 8 heteroatoms. The van der Waals surface area contributed by atoms with Crippen LogP contribution in [0.1, 0.15) is 17.5 Å². The van der Waals surface area contributed by atoms with Gasteiger partial charge in [-0.1, -0.05) is 54.1 Å². The number of anilines is 1. The number of nitrogens with one attached hydrogen (secondary N) is 2. The van der Waals surface area contributed by atoms with E-state index in [2.05, 4.69) is 10.0 Å². The molecule has 0 heterocycles. The van der Waals surface area contributed by atoms with Crippen LogP contribution in [0.15, 0.2) is 77.7 Å². The highest BCUT2D eigenvalue weighted by atomic mass is 35.5. The van der Waals surface area contributed by atoms with E-state index >= 15 is 0 Å². The standard InChI is InChI=1S/C23H23ClN2O4S/c1-30-22-13-10-19(15-21(22)24)26-23(27)14-9-17-7-11-20(12-8-17)31(28,29)25-16-18-5-3-2-4-6-18/h2-8,10-13,15,25H,9,14,16H2,1H3,(H,26,27). The van der Waals surface area contributed by atoms with Crippen LogP contribution < -0.4 is 14.8 Å².